The molecule has 3 rings (SSSR count). The van der Waals surface area contributed by atoms with Crippen molar-refractivity contribution >= 4 is 23.4 Å². The summed E-state index contributed by atoms with van der Waals surface area (Å²) in [6.07, 6.45) is -1.70. The van der Waals surface area contributed by atoms with E-state index in [2.05, 4.69) is 4.98 Å². The van der Waals surface area contributed by atoms with Gasteiger partial charge in [0.2, 0.25) is 0 Å². The molecule has 2 heterocycles. The lowest BCUT2D eigenvalue weighted by Gasteiger charge is -2.34. The lowest BCUT2D eigenvalue weighted by molar-refractivity contribution is -0.0786. The van der Waals surface area contributed by atoms with E-state index in [1.807, 2.05) is 18.2 Å². The topological polar surface area (TPSA) is 82.8 Å². The van der Waals surface area contributed by atoms with Crippen molar-refractivity contribution in [1.82, 2.24) is 4.98 Å². The van der Waals surface area contributed by atoms with Gasteiger partial charge in [0, 0.05) is 17.5 Å². The van der Waals surface area contributed by atoms with E-state index in [0.717, 1.165) is 11.1 Å². The first-order valence-electron chi connectivity index (χ1n) is 7.09. The molecule has 0 spiro atoms. The van der Waals surface area contributed by atoms with E-state index in [0.29, 0.717) is 16.7 Å². The lowest BCUT2D eigenvalue weighted by Crippen LogP contribution is -2.50. The van der Waals surface area contributed by atoms with E-state index >= 15 is 0 Å². The molecule has 4 atom stereocenters. The predicted octanol–water partition coefficient (Wildman–Crippen LogP) is 1.94. The van der Waals surface area contributed by atoms with E-state index in [1.54, 1.807) is 24.4 Å². The molecule has 0 unspecified atom stereocenters. The van der Waals surface area contributed by atoms with Gasteiger partial charge >= 0.3 is 0 Å². The third-order valence-corrected chi connectivity index (χ3v) is 5.15. The summed E-state index contributed by atoms with van der Waals surface area (Å²) in [5.74, 6) is 0.847. The Labute approximate surface area is 142 Å². The fourth-order valence-electron chi connectivity index (χ4n) is 2.36. The number of benzene rings is 1. The molecule has 1 aliphatic rings. The quantitative estimate of drug-likeness (QED) is 0.731. The molecule has 1 aliphatic heterocycles. The number of rotatable bonds is 3. The van der Waals surface area contributed by atoms with Crippen LogP contribution in [0.1, 0.15) is 0 Å². The van der Waals surface area contributed by atoms with Gasteiger partial charge < -0.3 is 20.1 Å². The lowest BCUT2D eigenvalue weighted by atomic mass is 10.1. The van der Waals surface area contributed by atoms with Gasteiger partial charge in [-0.05, 0) is 29.8 Å². The fourth-order valence-corrected chi connectivity index (χ4v) is 3.71. The average molecular weight is 354 g/mol. The minimum absolute atomic E-state index is 0.303. The summed E-state index contributed by atoms with van der Waals surface area (Å²) in [5.41, 5.74) is 0.983. The van der Waals surface area contributed by atoms with Crippen LogP contribution in [0.4, 0.5) is 0 Å². The summed E-state index contributed by atoms with van der Waals surface area (Å²) in [5, 5.41) is 29.7. The van der Waals surface area contributed by atoms with Crippen molar-refractivity contribution in [2.45, 2.75) is 23.7 Å². The second-order valence-electron chi connectivity index (χ2n) is 5.24. The summed E-state index contributed by atoms with van der Waals surface area (Å²) < 4.78 is 5.77. The highest BCUT2D eigenvalue weighted by atomic mass is 35.5. The zero-order chi connectivity index (χ0) is 16.4. The highest BCUT2D eigenvalue weighted by molar-refractivity contribution is 7.99. The molecular weight excluding hydrogens is 338 g/mol. The van der Waals surface area contributed by atoms with Crippen LogP contribution in [0.15, 0.2) is 42.6 Å². The van der Waals surface area contributed by atoms with E-state index < -0.39 is 23.7 Å². The number of aliphatic hydroxyl groups is 3. The number of hydrogen-bond acceptors (Lipinski definition) is 6. The van der Waals surface area contributed by atoms with Gasteiger partial charge in [0.15, 0.2) is 5.44 Å². The Morgan fingerprint density at radius 2 is 1.96 bits per heavy atom. The highest BCUT2D eigenvalue weighted by Gasteiger charge is 2.38. The molecule has 5 nitrogen and oxygen atoms in total. The van der Waals surface area contributed by atoms with Gasteiger partial charge in [-0.25, -0.2) is 4.98 Å². The van der Waals surface area contributed by atoms with E-state index in [-0.39, 0.29) is 0 Å². The van der Waals surface area contributed by atoms with Crippen LogP contribution < -0.4 is 4.74 Å². The molecule has 7 heteroatoms. The maximum absolute atomic E-state index is 10.0. The third kappa shape index (κ3) is 3.62. The molecule has 1 saturated heterocycles. The second-order valence-corrected chi connectivity index (χ2v) is 6.73. The maximum Gasteiger partial charge on any atom is 0.173 e. The van der Waals surface area contributed by atoms with Crippen LogP contribution in [0.5, 0.6) is 5.75 Å². The molecular formula is C16H16ClNO4S. The summed E-state index contributed by atoms with van der Waals surface area (Å²) in [7, 11) is 0. The molecule has 23 heavy (non-hydrogen) atoms. The minimum atomic E-state index is -1.21. The van der Waals surface area contributed by atoms with Crippen LogP contribution in [0, 0.1) is 0 Å². The normalized spacial score (nSPS) is 27.7. The Kier molecular flexibility index (Phi) is 5.08. The van der Waals surface area contributed by atoms with Crippen LogP contribution >= 0.6 is 23.4 Å². The Balaban J connectivity index is 1.80. The summed E-state index contributed by atoms with van der Waals surface area (Å²) in [6.45, 7) is 0. The number of thioether (sulfide) groups is 1. The van der Waals surface area contributed by atoms with Crippen LogP contribution in [0.3, 0.4) is 0 Å². The molecule has 0 amide bonds. The van der Waals surface area contributed by atoms with Crippen LogP contribution in [0.2, 0.25) is 5.15 Å². The summed E-state index contributed by atoms with van der Waals surface area (Å²) >= 11 is 7.37. The summed E-state index contributed by atoms with van der Waals surface area (Å²) in [6, 6.07) is 10.9. The predicted molar refractivity (Wildman–Crippen MR) is 89.6 cm³/mol. The van der Waals surface area contributed by atoms with Crippen molar-refractivity contribution < 1.29 is 20.1 Å². The Bertz CT molecular complexity index is 687. The number of halogens is 1. The number of pyridine rings is 1. The second kappa shape index (κ2) is 7.07. The standard InChI is InChI=1S/C16H16ClNO4S/c17-15-11(5-2-6-18-15)9-3-1-4-10(7-9)22-16-14(21)13(20)12(19)8-23-16/h1-7,12-14,16,19-21H,8H2/t12-,13+,14-,16+/m1/s1. The number of ether oxygens (including phenoxy) is 1. The van der Waals surface area contributed by atoms with Crippen LogP contribution in [-0.2, 0) is 0 Å². The highest BCUT2D eigenvalue weighted by Crippen LogP contribution is 2.32. The van der Waals surface area contributed by atoms with Gasteiger partial charge in [-0.3, -0.25) is 0 Å². The maximum atomic E-state index is 10.0. The van der Waals surface area contributed by atoms with Crippen molar-refractivity contribution in [3.8, 4) is 16.9 Å². The molecule has 0 bridgehead atoms. The molecule has 0 radical (unpaired) electrons. The van der Waals surface area contributed by atoms with Crippen molar-refractivity contribution in [3.05, 3.63) is 47.7 Å². The van der Waals surface area contributed by atoms with Gasteiger partial charge in [-0.2, -0.15) is 0 Å². The largest absolute Gasteiger partial charge is 0.477 e. The SMILES string of the molecule is O[C@@H]1[C@@H](O)[C@@H](Oc2cccc(-c3cccnc3Cl)c2)SC[C@H]1O. The Morgan fingerprint density at radius 1 is 1.13 bits per heavy atom. The summed E-state index contributed by atoms with van der Waals surface area (Å²) in [4.78, 5) is 4.05. The molecule has 1 aromatic heterocycles. The Morgan fingerprint density at radius 3 is 2.74 bits per heavy atom. The van der Waals surface area contributed by atoms with Crippen molar-refractivity contribution in [3.63, 3.8) is 0 Å². The zero-order valence-corrected chi connectivity index (χ0v) is 13.6. The molecule has 3 N–H and O–H groups in total. The molecule has 0 saturated carbocycles. The third-order valence-electron chi connectivity index (χ3n) is 3.61. The van der Waals surface area contributed by atoms with Crippen molar-refractivity contribution in [1.29, 1.82) is 0 Å². The van der Waals surface area contributed by atoms with Gasteiger partial charge in [0.1, 0.15) is 23.1 Å². The molecule has 0 aliphatic carbocycles. The minimum Gasteiger partial charge on any atom is -0.477 e. The zero-order valence-electron chi connectivity index (χ0n) is 12.0. The molecule has 122 valence electrons. The first-order valence-corrected chi connectivity index (χ1v) is 8.52. The number of aliphatic hydroxyl groups excluding tert-OH is 3. The van der Waals surface area contributed by atoms with Crippen LogP contribution in [0.25, 0.3) is 11.1 Å². The molecule has 1 aromatic carbocycles. The average Bonchev–Trinajstić information content (AvgIpc) is 2.56. The monoisotopic (exact) mass is 353 g/mol. The van der Waals surface area contributed by atoms with E-state index in [4.69, 9.17) is 16.3 Å². The van der Waals surface area contributed by atoms with Gasteiger partial charge in [0.05, 0.1) is 6.10 Å². The van der Waals surface area contributed by atoms with Crippen LogP contribution in [-0.4, -0.2) is 49.8 Å². The van der Waals surface area contributed by atoms with Gasteiger partial charge in [0.25, 0.3) is 0 Å². The first-order chi connectivity index (χ1) is 11.1. The molecule has 2 aromatic rings. The fraction of sp³-hybridized carbons (Fsp3) is 0.312. The number of aromatic nitrogens is 1. The van der Waals surface area contributed by atoms with E-state index in [9.17, 15) is 15.3 Å². The Hall–Kier alpha value is -1.31. The first kappa shape index (κ1) is 16.5. The van der Waals surface area contributed by atoms with Crippen molar-refractivity contribution in [2.75, 3.05) is 5.75 Å². The van der Waals surface area contributed by atoms with Gasteiger partial charge in [-0.15, -0.1) is 11.8 Å². The number of nitrogens with zero attached hydrogens (tertiary/aromatic N) is 1. The number of hydrogen-bond donors (Lipinski definition) is 3. The van der Waals surface area contributed by atoms with Gasteiger partial charge in [-0.1, -0.05) is 23.7 Å². The smallest absolute Gasteiger partial charge is 0.173 e. The van der Waals surface area contributed by atoms with E-state index in [1.165, 1.54) is 11.8 Å². The van der Waals surface area contributed by atoms with Crippen molar-refractivity contribution in [2.24, 2.45) is 0 Å². The molecule has 1 fully saturated rings.